The third-order valence-corrected chi connectivity index (χ3v) is 3.57. The number of halogens is 1. The summed E-state index contributed by atoms with van der Waals surface area (Å²) in [5.74, 6) is -0.370. The van der Waals surface area contributed by atoms with Crippen molar-refractivity contribution in [2.75, 3.05) is 7.11 Å². The van der Waals surface area contributed by atoms with Crippen molar-refractivity contribution in [1.29, 1.82) is 0 Å². The Morgan fingerprint density at radius 1 is 1.47 bits per heavy atom. The number of carbonyl (C=O) groups is 1. The number of carbonyl (C=O) groups excluding carboxylic acids is 1. The SMILES string of the molecule is COC(=O)C1=C(C)NC(=S)N[C@H]1c1cccc(Br)c1. The van der Waals surface area contributed by atoms with Gasteiger partial charge in [-0.3, -0.25) is 0 Å². The van der Waals surface area contributed by atoms with Gasteiger partial charge in [0, 0.05) is 10.2 Å². The maximum absolute atomic E-state index is 11.9. The van der Waals surface area contributed by atoms with Crippen LogP contribution in [0.5, 0.6) is 0 Å². The number of ether oxygens (including phenoxy) is 1. The third-order valence-electron chi connectivity index (χ3n) is 2.86. The van der Waals surface area contributed by atoms with Gasteiger partial charge < -0.3 is 15.4 Å². The summed E-state index contributed by atoms with van der Waals surface area (Å²) in [5, 5.41) is 6.54. The molecule has 0 saturated carbocycles. The molecule has 0 radical (unpaired) electrons. The monoisotopic (exact) mass is 340 g/mol. The lowest BCUT2D eigenvalue weighted by atomic mass is 9.96. The standard InChI is InChI=1S/C13H13BrN2O2S/c1-7-10(12(17)18-2)11(16-13(19)15-7)8-4-3-5-9(14)6-8/h3-6,11H,1-2H3,(H2,15,16,19)/t11-/m0/s1. The second kappa shape index (κ2) is 5.71. The van der Waals surface area contributed by atoms with E-state index in [1.807, 2.05) is 31.2 Å². The van der Waals surface area contributed by atoms with Gasteiger partial charge in [-0.2, -0.15) is 0 Å². The van der Waals surface area contributed by atoms with Gasteiger partial charge in [-0.05, 0) is 36.8 Å². The minimum atomic E-state index is -0.370. The summed E-state index contributed by atoms with van der Waals surface area (Å²) in [6.45, 7) is 1.81. The summed E-state index contributed by atoms with van der Waals surface area (Å²) < 4.78 is 5.79. The summed E-state index contributed by atoms with van der Waals surface area (Å²) in [5.41, 5.74) is 2.19. The second-order valence-electron chi connectivity index (χ2n) is 4.12. The number of hydrogen-bond acceptors (Lipinski definition) is 3. The molecule has 1 aliphatic rings. The van der Waals surface area contributed by atoms with Crippen molar-refractivity contribution in [2.45, 2.75) is 13.0 Å². The average molecular weight is 341 g/mol. The summed E-state index contributed by atoms with van der Waals surface area (Å²) in [6, 6.07) is 7.42. The Kier molecular flexibility index (Phi) is 4.21. The highest BCUT2D eigenvalue weighted by Crippen LogP contribution is 2.28. The first-order valence-electron chi connectivity index (χ1n) is 5.65. The van der Waals surface area contributed by atoms with Gasteiger partial charge in [0.2, 0.25) is 0 Å². The fourth-order valence-corrected chi connectivity index (χ4v) is 2.70. The third kappa shape index (κ3) is 2.96. The van der Waals surface area contributed by atoms with E-state index in [2.05, 4.69) is 26.6 Å². The molecule has 2 N–H and O–H groups in total. The lowest BCUT2D eigenvalue weighted by molar-refractivity contribution is -0.136. The summed E-state index contributed by atoms with van der Waals surface area (Å²) in [6.07, 6.45) is 0. The Labute approximate surface area is 125 Å². The zero-order valence-electron chi connectivity index (χ0n) is 10.5. The maximum atomic E-state index is 11.9. The summed E-state index contributed by atoms with van der Waals surface area (Å²) in [4.78, 5) is 11.9. The Morgan fingerprint density at radius 2 is 2.21 bits per heavy atom. The van der Waals surface area contributed by atoms with Crippen LogP contribution in [-0.4, -0.2) is 18.2 Å². The number of allylic oxidation sites excluding steroid dienone is 1. The molecule has 100 valence electrons. The van der Waals surface area contributed by atoms with E-state index in [0.717, 1.165) is 10.0 Å². The van der Waals surface area contributed by atoms with E-state index in [-0.39, 0.29) is 12.0 Å². The van der Waals surface area contributed by atoms with Gasteiger partial charge in [0.05, 0.1) is 18.7 Å². The molecule has 19 heavy (non-hydrogen) atoms. The van der Waals surface area contributed by atoms with Crippen molar-refractivity contribution in [3.63, 3.8) is 0 Å². The van der Waals surface area contributed by atoms with Crippen molar-refractivity contribution < 1.29 is 9.53 Å². The van der Waals surface area contributed by atoms with Gasteiger partial charge in [-0.1, -0.05) is 28.1 Å². The molecule has 0 fully saturated rings. The molecule has 2 rings (SSSR count). The van der Waals surface area contributed by atoms with Crippen molar-refractivity contribution in [3.8, 4) is 0 Å². The molecule has 1 aliphatic heterocycles. The van der Waals surface area contributed by atoms with Crippen LogP contribution in [0.1, 0.15) is 18.5 Å². The molecule has 6 heteroatoms. The Bertz CT molecular complexity index is 572. The number of nitrogens with one attached hydrogen (secondary N) is 2. The van der Waals surface area contributed by atoms with E-state index < -0.39 is 0 Å². The highest BCUT2D eigenvalue weighted by molar-refractivity contribution is 9.10. The fraction of sp³-hybridized carbons (Fsp3) is 0.231. The van der Waals surface area contributed by atoms with E-state index in [1.165, 1.54) is 7.11 Å². The number of esters is 1. The summed E-state index contributed by atoms with van der Waals surface area (Å²) in [7, 11) is 1.37. The predicted octanol–water partition coefficient (Wildman–Crippen LogP) is 2.41. The molecular formula is C13H13BrN2O2S. The quantitative estimate of drug-likeness (QED) is 0.639. The molecular weight excluding hydrogens is 328 g/mol. The number of thiocarbonyl (C=S) groups is 1. The van der Waals surface area contributed by atoms with E-state index >= 15 is 0 Å². The van der Waals surface area contributed by atoms with Crippen LogP contribution >= 0.6 is 28.1 Å². The van der Waals surface area contributed by atoms with Crippen LogP contribution in [-0.2, 0) is 9.53 Å². The zero-order valence-corrected chi connectivity index (χ0v) is 12.9. The normalized spacial score (nSPS) is 18.7. The minimum Gasteiger partial charge on any atom is -0.466 e. The Balaban J connectivity index is 2.49. The molecule has 0 aromatic heterocycles. The highest BCUT2D eigenvalue weighted by atomic mass is 79.9. The number of benzene rings is 1. The molecule has 0 unspecified atom stereocenters. The van der Waals surface area contributed by atoms with Gasteiger partial charge in [-0.15, -0.1) is 0 Å². The first kappa shape index (κ1) is 14.0. The topological polar surface area (TPSA) is 50.4 Å². The predicted molar refractivity (Wildman–Crippen MR) is 80.5 cm³/mol. The molecule has 0 spiro atoms. The first-order valence-corrected chi connectivity index (χ1v) is 6.85. The van der Waals surface area contributed by atoms with Crippen molar-refractivity contribution >= 4 is 39.2 Å². The van der Waals surface area contributed by atoms with Gasteiger partial charge in [-0.25, -0.2) is 4.79 Å². The van der Waals surface area contributed by atoms with Crippen LogP contribution < -0.4 is 10.6 Å². The van der Waals surface area contributed by atoms with Gasteiger partial charge in [0.1, 0.15) is 0 Å². The molecule has 0 bridgehead atoms. The van der Waals surface area contributed by atoms with Crippen LogP contribution in [0.2, 0.25) is 0 Å². The van der Waals surface area contributed by atoms with Gasteiger partial charge in [0.15, 0.2) is 5.11 Å². The van der Waals surface area contributed by atoms with Gasteiger partial charge >= 0.3 is 5.97 Å². The Hall–Kier alpha value is -1.40. The Morgan fingerprint density at radius 3 is 2.84 bits per heavy atom. The van der Waals surface area contributed by atoms with Crippen LogP contribution in [0.15, 0.2) is 40.0 Å². The second-order valence-corrected chi connectivity index (χ2v) is 5.44. The number of methoxy groups -OCH3 is 1. The van der Waals surface area contributed by atoms with Crippen LogP contribution in [0.25, 0.3) is 0 Å². The van der Waals surface area contributed by atoms with Crippen LogP contribution in [0.3, 0.4) is 0 Å². The van der Waals surface area contributed by atoms with Gasteiger partial charge in [0.25, 0.3) is 0 Å². The largest absolute Gasteiger partial charge is 0.466 e. The smallest absolute Gasteiger partial charge is 0.337 e. The molecule has 0 amide bonds. The van der Waals surface area contributed by atoms with E-state index in [4.69, 9.17) is 17.0 Å². The van der Waals surface area contributed by atoms with Crippen molar-refractivity contribution in [2.24, 2.45) is 0 Å². The molecule has 1 atom stereocenters. The maximum Gasteiger partial charge on any atom is 0.337 e. The number of hydrogen-bond donors (Lipinski definition) is 2. The lowest BCUT2D eigenvalue weighted by Gasteiger charge is -2.29. The molecule has 0 saturated heterocycles. The summed E-state index contributed by atoms with van der Waals surface area (Å²) >= 11 is 8.57. The first-order chi connectivity index (χ1) is 9.02. The molecule has 1 heterocycles. The molecule has 1 aromatic rings. The van der Waals surface area contributed by atoms with Crippen molar-refractivity contribution in [1.82, 2.24) is 10.6 Å². The molecule has 0 aliphatic carbocycles. The molecule has 1 aromatic carbocycles. The van der Waals surface area contributed by atoms with Crippen LogP contribution in [0.4, 0.5) is 0 Å². The fourth-order valence-electron chi connectivity index (χ4n) is 2.01. The zero-order chi connectivity index (χ0) is 14.0. The van der Waals surface area contributed by atoms with Crippen molar-refractivity contribution in [3.05, 3.63) is 45.6 Å². The van der Waals surface area contributed by atoms with Crippen LogP contribution in [0, 0.1) is 0 Å². The minimum absolute atomic E-state index is 0.307. The van der Waals surface area contributed by atoms with E-state index in [9.17, 15) is 4.79 Å². The number of rotatable bonds is 2. The van der Waals surface area contributed by atoms with E-state index in [1.54, 1.807) is 0 Å². The highest BCUT2D eigenvalue weighted by Gasteiger charge is 2.30. The lowest BCUT2D eigenvalue weighted by Crippen LogP contribution is -2.45. The molecule has 4 nitrogen and oxygen atoms in total. The van der Waals surface area contributed by atoms with E-state index in [0.29, 0.717) is 16.4 Å². The average Bonchev–Trinajstić information content (AvgIpc) is 2.37.